The molecule has 0 aliphatic rings. The van der Waals surface area contributed by atoms with E-state index in [1.54, 1.807) is 26.4 Å². The molecule has 0 radical (unpaired) electrons. The van der Waals surface area contributed by atoms with Crippen molar-refractivity contribution >= 4 is 5.78 Å². The van der Waals surface area contributed by atoms with Crippen molar-refractivity contribution in [3.05, 3.63) is 47.8 Å². The maximum Gasteiger partial charge on any atom is 0.160 e. The van der Waals surface area contributed by atoms with E-state index in [1.165, 1.54) is 0 Å². The first-order valence-electron chi connectivity index (χ1n) is 5.73. The molecule has 18 heavy (non-hydrogen) atoms. The molecule has 0 amide bonds. The molecular weight excluding hydrogens is 226 g/mol. The Kier molecular flexibility index (Phi) is 3.42. The fraction of sp³-hybridized carbons (Fsp3) is 0.200. The van der Waals surface area contributed by atoms with Crippen molar-refractivity contribution in [3.8, 4) is 16.9 Å². The van der Waals surface area contributed by atoms with Crippen LogP contribution >= 0.6 is 0 Å². The topological polar surface area (TPSA) is 39.2 Å². The Morgan fingerprint density at radius 1 is 1.28 bits per heavy atom. The summed E-state index contributed by atoms with van der Waals surface area (Å²) in [6.45, 7) is 3.51. The molecule has 1 aromatic carbocycles. The molecule has 1 aromatic heterocycles. The summed E-state index contributed by atoms with van der Waals surface area (Å²) < 4.78 is 5.31. The molecule has 1 heterocycles. The summed E-state index contributed by atoms with van der Waals surface area (Å²) in [5.41, 5.74) is 3.65. The Labute approximate surface area is 106 Å². The van der Waals surface area contributed by atoms with Crippen LogP contribution in [0.1, 0.15) is 22.8 Å². The predicted molar refractivity (Wildman–Crippen MR) is 71.0 cm³/mol. The van der Waals surface area contributed by atoms with E-state index < -0.39 is 0 Å². The van der Waals surface area contributed by atoms with Crippen LogP contribution in [0.3, 0.4) is 0 Å². The molecule has 92 valence electrons. The van der Waals surface area contributed by atoms with E-state index in [1.807, 2.05) is 31.2 Å². The van der Waals surface area contributed by atoms with E-state index in [4.69, 9.17) is 4.74 Å². The monoisotopic (exact) mass is 241 g/mol. The van der Waals surface area contributed by atoms with Gasteiger partial charge in [0.05, 0.1) is 7.11 Å². The second-order valence-corrected chi connectivity index (χ2v) is 4.16. The molecule has 0 spiro atoms. The Morgan fingerprint density at radius 3 is 2.67 bits per heavy atom. The zero-order chi connectivity index (χ0) is 13.1. The van der Waals surface area contributed by atoms with Crippen molar-refractivity contribution in [3.63, 3.8) is 0 Å². The fourth-order valence-electron chi connectivity index (χ4n) is 2.00. The molecule has 0 aliphatic carbocycles. The van der Waals surface area contributed by atoms with Gasteiger partial charge in [0.15, 0.2) is 5.78 Å². The number of Topliss-reactive ketones (excluding diaryl/α,β-unsaturated/α-hetero) is 1. The normalized spacial score (nSPS) is 10.2. The van der Waals surface area contributed by atoms with E-state index in [0.29, 0.717) is 0 Å². The average Bonchev–Trinajstić information content (AvgIpc) is 2.38. The van der Waals surface area contributed by atoms with Crippen molar-refractivity contribution < 1.29 is 9.53 Å². The smallest absolute Gasteiger partial charge is 0.160 e. The van der Waals surface area contributed by atoms with Crippen molar-refractivity contribution in [2.45, 2.75) is 13.8 Å². The largest absolute Gasteiger partial charge is 0.496 e. The zero-order valence-electron chi connectivity index (χ0n) is 10.7. The van der Waals surface area contributed by atoms with Gasteiger partial charge >= 0.3 is 0 Å². The minimum atomic E-state index is 0.0807. The van der Waals surface area contributed by atoms with Gasteiger partial charge in [-0.05, 0) is 31.0 Å². The number of nitrogens with zero attached hydrogens (tertiary/aromatic N) is 1. The lowest BCUT2D eigenvalue weighted by Crippen LogP contribution is -1.96. The number of methoxy groups -OCH3 is 1. The number of hydrogen-bond acceptors (Lipinski definition) is 3. The summed E-state index contributed by atoms with van der Waals surface area (Å²) in [6.07, 6.45) is 3.46. The highest BCUT2D eigenvalue weighted by molar-refractivity contribution is 5.96. The van der Waals surface area contributed by atoms with E-state index >= 15 is 0 Å². The summed E-state index contributed by atoms with van der Waals surface area (Å²) >= 11 is 0. The lowest BCUT2D eigenvalue weighted by molar-refractivity contribution is 0.101. The van der Waals surface area contributed by atoms with Gasteiger partial charge < -0.3 is 4.74 Å². The third-order valence-corrected chi connectivity index (χ3v) is 2.92. The summed E-state index contributed by atoms with van der Waals surface area (Å²) in [4.78, 5) is 15.5. The highest BCUT2D eigenvalue weighted by Crippen LogP contribution is 2.29. The average molecular weight is 241 g/mol. The first kappa shape index (κ1) is 12.3. The van der Waals surface area contributed by atoms with Gasteiger partial charge in [-0.25, -0.2) is 0 Å². The molecule has 0 saturated heterocycles. The van der Waals surface area contributed by atoms with Gasteiger partial charge in [0.1, 0.15) is 5.75 Å². The molecule has 3 nitrogen and oxygen atoms in total. The minimum Gasteiger partial charge on any atom is -0.496 e. The van der Waals surface area contributed by atoms with Gasteiger partial charge in [-0.3, -0.25) is 9.78 Å². The molecule has 0 N–H and O–H groups in total. The SMILES string of the molecule is COc1ccncc1-c1ccc(C(C)=O)c(C)c1. The standard InChI is InChI=1S/C15H15NO2/c1-10-8-12(4-5-13(10)11(2)17)14-9-16-7-6-15(14)18-3/h4-9H,1-3H3. The summed E-state index contributed by atoms with van der Waals surface area (Å²) in [7, 11) is 1.63. The van der Waals surface area contributed by atoms with Crippen LogP contribution < -0.4 is 4.74 Å². The second-order valence-electron chi connectivity index (χ2n) is 4.16. The molecular formula is C15H15NO2. The third-order valence-electron chi connectivity index (χ3n) is 2.92. The molecule has 0 fully saturated rings. The van der Waals surface area contributed by atoms with Crippen molar-refractivity contribution in [2.24, 2.45) is 0 Å². The maximum atomic E-state index is 11.4. The summed E-state index contributed by atoms with van der Waals surface area (Å²) in [5.74, 6) is 0.858. The molecule has 0 atom stereocenters. The quantitative estimate of drug-likeness (QED) is 0.774. The number of ether oxygens (including phenoxy) is 1. The van der Waals surface area contributed by atoms with Crippen LogP contribution in [0.25, 0.3) is 11.1 Å². The van der Waals surface area contributed by atoms with E-state index in [9.17, 15) is 4.79 Å². The number of benzene rings is 1. The second kappa shape index (κ2) is 5.00. The third kappa shape index (κ3) is 2.25. The first-order valence-corrected chi connectivity index (χ1v) is 5.73. The van der Waals surface area contributed by atoms with Crippen LogP contribution in [0.4, 0.5) is 0 Å². The molecule has 0 saturated carbocycles. The highest BCUT2D eigenvalue weighted by Gasteiger charge is 2.09. The predicted octanol–water partition coefficient (Wildman–Crippen LogP) is 3.27. The Morgan fingerprint density at radius 2 is 2.06 bits per heavy atom. The number of aryl methyl sites for hydroxylation is 1. The Hall–Kier alpha value is -2.16. The number of carbonyl (C=O) groups excluding carboxylic acids is 1. The van der Waals surface area contributed by atoms with Gasteiger partial charge in [0.25, 0.3) is 0 Å². The molecule has 0 bridgehead atoms. The van der Waals surface area contributed by atoms with Crippen LogP contribution in [0.2, 0.25) is 0 Å². The molecule has 0 aliphatic heterocycles. The molecule has 3 heteroatoms. The van der Waals surface area contributed by atoms with Crippen molar-refractivity contribution in [1.82, 2.24) is 4.98 Å². The number of ketones is 1. The summed E-state index contributed by atoms with van der Waals surface area (Å²) in [5, 5.41) is 0. The fourth-order valence-corrected chi connectivity index (χ4v) is 2.00. The van der Waals surface area contributed by atoms with Gasteiger partial charge in [-0.2, -0.15) is 0 Å². The lowest BCUT2D eigenvalue weighted by Gasteiger charge is -2.09. The van der Waals surface area contributed by atoms with Crippen LogP contribution in [-0.2, 0) is 0 Å². The minimum absolute atomic E-state index is 0.0807. The van der Waals surface area contributed by atoms with Crippen molar-refractivity contribution in [2.75, 3.05) is 7.11 Å². The van der Waals surface area contributed by atoms with Crippen LogP contribution in [0, 0.1) is 6.92 Å². The van der Waals surface area contributed by atoms with E-state index in [2.05, 4.69) is 4.98 Å². The summed E-state index contributed by atoms with van der Waals surface area (Å²) in [6, 6.07) is 7.57. The van der Waals surface area contributed by atoms with E-state index in [-0.39, 0.29) is 5.78 Å². The van der Waals surface area contributed by atoms with Crippen LogP contribution in [0.5, 0.6) is 5.75 Å². The Bertz CT molecular complexity index is 591. The van der Waals surface area contributed by atoms with Crippen LogP contribution in [0.15, 0.2) is 36.7 Å². The zero-order valence-corrected chi connectivity index (χ0v) is 10.7. The number of hydrogen-bond donors (Lipinski definition) is 0. The first-order chi connectivity index (χ1) is 8.63. The van der Waals surface area contributed by atoms with Gasteiger partial charge in [0, 0.05) is 23.5 Å². The molecule has 2 rings (SSSR count). The highest BCUT2D eigenvalue weighted by atomic mass is 16.5. The Balaban J connectivity index is 2.52. The van der Waals surface area contributed by atoms with Gasteiger partial charge in [-0.15, -0.1) is 0 Å². The van der Waals surface area contributed by atoms with E-state index in [0.717, 1.165) is 28.0 Å². The number of carbonyl (C=O) groups is 1. The van der Waals surface area contributed by atoms with Crippen molar-refractivity contribution in [1.29, 1.82) is 0 Å². The molecule has 2 aromatic rings. The number of pyridine rings is 1. The maximum absolute atomic E-state index is 11.4. The van der Waals surface area contributed by atoms with Crippen LogP contribution in [-0.4, -0.2) is 17.9 Å². The number of aromatic nitrogens is 1. The van der Waals surface area contributed by atoms with Gasteiger partial charge in [0.2, 0.25) is 0 Å². The lowest BCUT2D eigenvalue weighted by atomic mass is 9.99. The molecule has 0 unspecified atom stereocenters. The number of rotatable bonds is 3. The van der Waals surface area contributed by atoms with Gasteiger partial charge in [-0.1, -0.05) is 18.2 Å².